The van der Waals surface area contributed by atoms with E-state index in [2.05, 4.69) is 56.6 Å². The van der Waals surface area contributed by atoms with Gasteiger partial charge in [-0.3, -0.25) is 4.99 Å². The molecule has 0 aliphatic carbocycles. The fraction of sp³-hybridized carbons (Fsp3) is 0.458. The molecule has 2 aromatic rings. The van der Waals surface area contributed by atoms with Gasteiger partial charge in [-0.1, -0.05) is 13.8 Å². The van der Waals surface area contributed by atoms with E-state index in [4.69, 9.17) is 0 Å². The summed E-state index contributed by atoms with van der Waals surface area (Å²) in [4.78, 5) is 7.16. The van der Waals surface area contributed by atoms with Crippen LogP contribution in [0.3, 0.4) is 0 Å². The lowest BCUT2D eigenvalue weighted by Gasteiger charge is -2.48. The summed E-state index contributed by atoms with van der Waals surface area (Å²) in [6, 6.07) is 9.61. The highest BCUT2D eigenvalue weighted by molar-refractivity contribution is 5.86. The summed E-state index contributed by atoms with van der Waals surface area (Å²) in [5.74, 6) is 0.329. The van der Waals surface area contributed by atoms with Crippen molar-refractivity contribution >= 4 is 17.6 Å². The molecule has 2 aromatic carbocycles. The largest absolute Gasteiger partial charge is 0.366 e. The SMILES string of the molecule is CCCN1c2cc(C)c(C=Nc3ccc(F)c(C)c3)cc2C(C)CC1(C)C. The topological polar surface area (TPSA) is 15.6 Å². The van der Waals surface area contributed by atoms with Crippen LogP contribution in [0, 0.1) is 19.7 Å². The minimum atomic E-state index is -0.189. The highest BCUT2D eigenvalue weighted by atomic mass is 19.1. The Morgan fingerprint density at radius 1 is 1.19 bits per heavy atom. The molecule has 144 valence electrons. The number of rotatable bonds is 4. The van der Waals surface area contributed by atoms with Gasteiger partial charge in [0.15, 0.2) is 0 Å². The molecule has 0 bridgehead atoms. The molecular weight excluding hydrogens is 335 g/mol. The zero-order valence-corrected chi connectivity index (χ0v) is 17.4. The molecular formula is C24H31FN2. The zero-order chi connectivity index (χ0) is 19.8. The monoisotopic (exact) mass is 366 g/mol. The average Bonchev–Trinajstić information content (AvgIpc) is 2.59. The van der Waals surface area contributed by atoms with Gasteiger partial charge >= 0.3 is 0 Å². The molecule has 27 heavy (non-hydrogen) atoms. The number of fused-ring (bicyclic) bond motifs is 1. The summed E-state index contributed by atoms with van der Waals surface area (Å²) >= 11 is 0. The minimum absolute atomic E-state index is 0.177. The van der Waals surface area contributed by atoms with Crippen LogP contribution in [0.2, 0.25) is 0 Å². The van der Waals surface area contributed by atoms with Crippen LogP contribution in [-0.4, -0.2) is 18.3 Å². The standard InChI is InChI=1S/C24H31FN2/c1-7-10-27-23-12-16(2)19(13-21(23)18(4)14-24(27,5)6)15-26-20-8-9-22(25)17(3)11-20/h8-9,11-13,15,18H,7,10,14H2,1-6H3. The summed E-state index contributed by atoms with van der Waals surface area (Å²) in [6.07, 6.45) is 4.21. The van der Waals surface area contributed by atoms with E-state index in [0.29, 0.717) is 11.5 Å². The number of halogens is 1. The first-order valence-corrected chi connectivity index (χ1v) is 9.95. The van der Waals surface area contributed by atoms with Crippen LogP contribution in [0.4, 0.5) is 15.8 Å². The molecule has 3 rings (SSSR count). The minimum Gasteiger partial charge on any atom is -0.366 e. The highest BCUT2D eigenvalue weighted by Gasteiger charge is 2.36. The first kappa shape index (κ1) is 19.6. The maximum Gasteiger partial charge on any atom is 0.126 e. The van der Waals surface area contributed by atoms with Crippen LogP contribution in [0.5, 0.6) is 0 Å². The summed E-state index contributed by atoms with van der Waals surface area (Å²) in [6.45, 7) is 14.3. The van der Waals surface area contributed by atoms with Crippen molar-refractivity contribution < 1.29 is 4.39 Å². The molecule has 0 aromatic heterocycles. The molecule has 0 spiro atoms. The molecule has 0 saturated carbocycles. The zero-order valence-electron chi connectivity index (χ0n) is 17.4. The Morgan fingerprint density at radius 3 is 2.59 bits per heavy atom. The molecule has 1 heterocycles. The smallest absolute Gasteiger partial charge is 0.126 e. The van der Waals surface area contributed by atoms with Crippen molar-refractivity contribution in [1.82, 2.24) is 0 Å². The van der Waals surface area contributed by atoms with Gasteiger partial charge in [0.25, 0.3) is 0 Å². The van der Waals surface area contributed by atoms with Crippen molar-refractivity contribution in [3.8, 4) is 0 Å². The highest BCUT2D eigenvalue weighted by Crippen LogP contribution is 2.44. The number of aryl methyl sites for hydroxylation is 2. The van der Waals surface area contributed by atoms with Crippen LogP contribution >= 0.6 is 0 Å². The Hall–Kier alpha value is -2.16. The van der Waals surface area contributed by atoms with Crippen LogP contribution in [-0.2, 0) is 0 Å². The number of anilines is 1. The maximum absolute atomic E-state index is 13.5. The lowest BCUT2D eigenvalue weighted by atomic mass is 9.79. The molecule has 0 radical (unpaired) electrons. The third kappa shape index (κ3) is 3.92. The van der Waals surface area contributed by atoms with E-state index in [1.807, 2.05) is 6.21 Å². The fourth-order valence-corrected chi connectivity index (χ4v) is 4.29. The average molecular weight is 367 g/mol. The van der Waals surface area contributed by atoms with Gasteiger partial charge in [-0.15, -0.1) is 0 Å². The van der Waals surface area contributed by atoms with Gasteiger partial charge in [-0.25, -0.2) is 4.39 Å². The first-order chi connectivity index (χ1) is 12.7. The third-order valence-electron chi connectivity index (χ3n) is 5.71. The van der Waals surface area contributed by atoms with Gasteiger partial charge < -0.3 is 4.90 Å². The molecule has 1 aliphatic rings. The van der Waals surface area contributed by atoms with E-state index in [1.165, 1.54) is 22.9 Å². The number of hydrogen-bond acceptors (Lipinski definition) is 2. The molecule has 1 unspecified atom stereocenters. The van der Waals surface area contributed by atoms with E-state index in [-0.39, 0.29) is 11.4 Å². The van der Waals surface area contributed by atoms with Crippen molar-refractivity contribution in [1.29, 1.82) is 0 Å². The lowest BCUT2D eigenvalue weighted by Crippen LogP contribution is -2.48. The van der Waals surface area contributed by atoms with Crippen molar-refractivity contribution in [3.63, 3.8) is 0 Å². The Labute approximate surface area is 163 Å². The number of aliphatic imine (C=N–C) groups is 1. The first-order valence-electron chi connectivity index (χ1n) is 9.95. The number of nitrogens with zero attached hydrogens (tertiary/aromatic N) is 2. The van der Waals surface area contributed by atoms with Crippen LogP contribution in [0.25, 0.3) is 0 Å². The second-order valence-corrected chi connectivity index (χ2v) is 8.53. The van der Waals surface area contributed by atoms with Gasteiger partial charge in [-0.05, 0) is 99.0 Å². The van der Waals surface area contributed by atoms with E-state index >= 15 is 0 Å². The molecule has 0 saturated heterocycles. The second kappa shape index (κ2) is 7.46. The Balaban J connectivity index is 1.99. The Bertz CT molecular complexity index is 867. The summed E-state index contributed by atoms with van der Waals surface area (Å²) in [7, 11) is 0. The fourth-order valence-electron chi connectivity index (χ4n) is 4.29. The molecule has 0 fully saturated rings. The molecule has 2 nitrogen and oxygen atoms in total. The summed E-state index contributed by atoms with van der Waals surface area (Å²) in [5.41, 5.74) is 6.72. The Morgan fingerprint density at radius 2 is 1.93 bits per heavy atom. The van der Waals surface area contributed by atoms with Crippen LogP contribution in [0.15, 0.2) is 35.3 Å². The molecule has 1 atom stereocenters. The van der Waals surface area contributed by atoms with Crippen molar-refractivity contribution in [2.45, 2.75) is 65.8 Å². The summed E-state index contributed by atoms with van der Waals surface area (Å²) < 4.78 is 13.5. The molecule has 3 heteroatoms. The van der Waals surface area contributed by atoms with Crippen molar-refractivity contribution in [2.75, 3.05) is 11.4 Å². The van der Waals surface area contributed by atoms with E-state index in [9.17, 15) is 4.39 Å². The normalized spacial score (nSPS) is 18.8. The third-order valence-corrected chi connectivity index (χ3v) is 5.71. The number of benzene rings is 2. The predicted molar refractivity (Wildman–Crippen MR) is 114 cm³/mol. The van der Waals surface area contributed by atoms with Gasteiger partial charge in [0.1, 0.15) is 5.82 Å². The van der Waals surface area contributed by atoms with E-state index in [1.54, 1.807) is 19.1 Å². The van der Waals surface area contributed by atoms with Crippen molar-refractivity contribution in [3.05, 3.63) is 58.4 Å². The van der Waals surface area contributed by atoms with E-state index in [0.717, 1.165) is 30.6 Å². The van der Waals surface area contributed by atoms with Gasteiger partial charge in [0, 0.05) is 24.0 Å². The molecule has 0 amide bonds. The maximum atomic E-state index is 13.5. The van der Waals surface area contributed by atoms with Gasteiger partial charge in [-0.2, -0.15) is 0 Å². The molecule has 1 aliphatic heterocycles. The summed E-state index contributed by atoms with van der Waals surface area (Å²) in [5, 5.41) is 0. The van der Waals surface area contributed by atoms with Crippen LogP contribution in [0.1, 0.15) is 68.7 Å². The predicted octanol–water partition coefficient (Wildman–Crippen LogP) is 6.70. The number of hydrogen-bond donors (Lipinski definition) is 0. The van der Waals surface area contributed by atoms with Gasteiger partial charge in [0.05, 0.1) is 5.69 Å². The quantitative estimate of drug-likeness (QED) is 0.550. The molecule has 0 N–H and O–H groups in total. The second-order valence-electron chi connectivity index (χ2n) is 8.53. The lowest BCUT2D eigenvalue weighted by molar-refractivity contribution is 0.376. The van der Waals surface area contributed by atoms with Crippen LogP contribution < -0.4 is 4.90 Å². The Kier molecular flexibility index (Phi) is 5.41. The van der Waals surface area contributed by atoms with Crippen molar-refractivity contribution in [2.24, 2.45) is 4.99 Å². The van der Waals surface area contributed by atoms with Gasteiger partial charge in [0.2, 0.25) is 0 Å². The van der Waals surface area contributed by atoms with E-state index < -0.39 is 0 Å².